The number of carbonyl (C=O) groups is 2. The summed E-state index contributed by atoms with van der Waals surface area (Å²) in [5.74, 6) is -1.64. The second-order valence-electron chi connectivity index (χ2n) is 10.4. The molecule has 2 amide bonds. The van der Waals surface area contributed by atoms with E-state index >= 15 is 0 Å². The van der Waals surface area contributed by atoms with Crippen LogP contribution in [0.3, 0.4) is 0 Å². The average Bonchev–Trinajstić information content (AvgIpc) is 3.03. The molecule has 10 heteroatoms. The highest BCUT2D eigenvalue weighted by Crippen LogP contribution is 2.30. The molecule has 7 nitrogen and oxygen atoms in total. The largest absolute Gasteiger partial charge is 0.354 e. The molecule has 0 spiro atoms. The van der Waals surface area contributed by atoms with Gasteiger partial charge in [-0.3, -0.25) is 13.9 Å². The summed E-state index contributed by atoms with van der Waals surface area (Å²) in [5, 5.41) is 3.16. The molecule has 0 aliphatic carbocycles. The summed E-state index contributed by atoms with van der Waals surface area (Å²) in [6.45, 7) is 3.10. The summed E-state index contributed by atoms with van der Waals surface area (Å²) < 4.78 is 44.1. The first-order valence-corrected chi connectivity index (χ1v) is 16.1. The van der Waals surface area contributed by atoms with Crippen molar-refractivity contribution < 1.29 is 22.4 Å². The molecule has 0 bridgehead atoms. The van der Waals surface area contributed by atoms with Crippen LogP contribution in [-0.2, 0) is 32.6 Å². The number of carbonyl (C=O) groups excluding carboxylic acids is 2. The van der Waals surface area contributed by atoms with Crippen molar-refractivity contribution in [1.29, 1.82) is 0 Å². The number of rotatable bonds is 13. The number of hydrogen-bond donors (Lipinski definition) is 1. The number of nitrogens with one attached hydrogen (secondary N) is 1. The lowest BCUT2D eigenvalue weighted by Gasteiger charge is -2.34. The summed E-state index contributed by atoms with van der Waals surface area (Å²) >= 11 is 6.30. The van der Waals surface area contributed by atoms with Crippen molar-refractivity contribution in [2.24, 2.45) is 0 Å². The van der Waals surface area contributed by atoms with Crippen molar-refractivity contribution in [2.75, 3.05) is 17.4 Å². The van der Waals surface area contributed by atoms with E-state index in [1.54, 1.807) is 49.4 Å². The van der Waals surface area contributed by atoms with E-state index in [0.717, 1.165) is 9.87 Å². The lowest BCUT2D eigenvalue weighted by Crippen LogP contribution is -2.53. The van der Waals surface area contributed by atoms with Crippen LogP contribution >= 0.6 is 11.6 Å². The Morgan fingerprint density at radius 1 is 0.909 bits per heavy atom. The zero-order valence-corrected chi connectivity index (χ0v) is 26.2. The van der Waals surface area contributed by atoms with Crippen LogP contribution in [0.2, 0.25) is 5.02 Å². The molecule has 230 valence electrons. The summed E-state index contributed by atoms with van der Waals surface area (Å²) in [6, 6.07) is 26.7. The van der Waals surface area contributed by atoms with Crippen molar-refractivity contribution in [1.82, 2.24) is 10.2 Å². The van der Waals surface area contributed by atoms with E-state index in [1.807, 2.05) is 37.3 Å². The Morgan fingerprint density at radius 3 is 2.20 bits per heavy atom. The molecule has 0 fully saturated rings. The molecule has 1 N–H and O–H groups in total. The summed E-state index contributed by atoms with van der Waals surface area (Å²) in [7, 11) is -4.27. The van der Waals surface area contributed by atoms with Crippen molar-refractivity contribution >= 4 is 39.1 Å². The quantitative estimate of drug-likeness (QED) is 0.191. The Bertz CT molecular complexity index is 1690. The fourth-order valence-electron chi connectivity index (χ4n) is 4.81. The Hall–Kier alpha value is -4.21. The molecule has 4 rings (SSSR count). The zero-order chi connectivity index (χ0) is 31.7. The highest BCUT2D eigenvalue weighted by molar-refractivity contribution is 7.92. The smallest absolute Gasteiger partial charge is 0.264 e. The number of aryl methyl sites for hydroxylation is 1. The monoisotopic (exact) mass is 635 g/mol. The van der Waals surface area contributed by atoms with E-state index in [1.165, 1.54) is 35.2 Å². The minimum absolute atomic E-state index is 0.0191. The van der Waals surface area contributed by atoms with Gasteiger partial charge in [-0.1, -0.05) is 91.3 Å². The minimum atomic E-state index is -4.27. The van der Waals surface area contributed by atoms with Gasteiger partial charge in [-0.15, -0.1) is 0 Å². The number of hydrogen-bond acceptors (Lipinski definition) is 4. The van der Waals surface area contributed by atoms with Gasteiger partial charge in [0.2, 0.25) is 11.8 Å². The molecule has 0 radical (unpaired) electrons. The van der Waals surface area contributed by atoms with Gasteiger partial charge in [-0.2, -0.15) is 0 Å². The van der Waals surface area contributed by atoms with Crippen molar-refractivity contribution in [2.45, 2.75) is 44.2 Å². The fourth-order valence-corrected chi connectivity index (χ4v) is 6.47. The Labute approximate surface area is 263 Å². The third kappa shape index (κ3) is 8.03. The van der Waals surface area contributed by atoms with Crippen molar-refractivity contribution in [3.8, 4) is 0 Å². The first-order valence-electron chi connectivity index (χ1n) is 14.3. The van der Waals surface area contributed by atoms with Crippen molar-refractivity contribution in [3.63, 3.8) is 0 Å². The van der Waals surface area contributed by atoms with Gasteiger partial charge in [-0.25, -0.2) is 12.8 Å². The number of benzene rings is 4. The van der Waals surface area contributed by atoms with Crippen LogP contribution in [0, 0.1) is 12.7 Å². The van der Waals surface area contributed by atoms with Crippen molar-refractivity contribution in [3.05, 3.63) is 131 Å². The Balaban J connectivity index is 1.83. The third-order valence-electron chi connectivity index (χ3n) is 7.17. The zero-order valence-electron chi connectivity index (χ0n) is 24.6. The van der Waals surface area contributed by atoms with Gasteiger partial charge in [-0.05, 0) is 54.8 Å². The highest BCUT2D eigenvalue weighted by atomic mass is 35.5. The lowest BCUT2D eigenvalue weighted by atomic mass is 10.0. The molecule has 44 heavy (non-hydrogen) atoms. The molecule has 0 aliphatic heterocycles. The first-order chi connectivity index (χ1) is 21.1. The number of halogens is 2. The molecule has 0 saturated heterocycles. The van der Waals surface area contributed by atoms with Crippen LogP contribution in [0.5, 0.6) is 0 Å². The van der Waals surface area contributed by atoms with Gasteiger partial charge < -0.3 is 10.2 Å². The molecule has 0 aliphatic rings. The summed E-state index contributed by atoms with van der Waals surface area (Å²) in [6.07, 6.45) is 0.806. The maximum absolute atomic E-state index is 15.0. The van der Waals surface area contributed by atoms with E-state index in [-0.39, 0.29) is 34.1 Å². The second-order valence-corrected chi connectivity index (χ2v) is 12.7. The molecule has 1 unspecified atom stereocenters. The van der Waals surface area contributed by atoms with E-state index < -0.39 is 40.2 Å². The molecule has 0 aromatic heterocycles. The van der Waals surface area contributed by atoms with Gasteiger partial charge in [0.25, 0.3) is 10.0 Å². The number of amides is 2. The third-order valence-corrected chi connectivity index (χ3v) is 9.18. The molecule has 0 heterocycles. The minimum Gasteiger partial charge on any atom is -0.354 e. The van der Waals surface area contributed by atoms with E-state index in [2.05, 4.69) is 5.32 Å². The summed E-state index contributed by atoms with van der Waals surface area (Å²) in [4.78, 5) is 29.3. The molecule has 0 saturated carbocycles. The molecular weight excluding hydrogens is 601 g/mol. The first kappa shape index (κ1) is 32.7. The number of sulfonamides is 1. The Morgan fingerprint density at radius 2 is 1.55 bits per heavy atom. The van der Waals surface area contributed by atoms with Gasteiger partial charge in [0.1, 0.15) is 18.4 Å². The summed E-state index contributed by atoms with van der Waals surface area (Å²) in [5.41, 5.74) is 1.77. The van der Waals surface area contributed by atoms with Crippen LogP contribution in [0.15, 0.2) is 108 Å². The molecule has 4 aromatic carbocycles. The van der Waals surface area contributed by atoms with E-state index in [9.17, 15) is 22.4 Å². The normalized spacial score (nSPS) is 11.9. The van der Waals surface area contributed by atoms with E-state index in [0.29, 0.717) is 18.5 Å². The highest BCUT2D eigenvalue weighted by Gasteiger charge is 2.35. The molecule has 4 aromatic rings. The second kappa shape index (κ2) is 15.0. The van der Waals surface area contributed by atoms with Crippen LogP contribution in [-0.4, -0.2) is 44.3 Å². The SMILES string of the molecule is CCCNC(=O)C(Cc1ccccc1)N(Cc1ccccc1F)C(=O)CN(c1cc(Cl)ccc1C)S(=O)(=O)c1ccccc1. The maximum atomic E-state index is 15.0. The molecule has 1 atom stereocenters. The predicted octanol–water partition coefficient (Wildman–Crippen LogP) is 6.15. The van der Waals surface area contributed by atoms with Crippen LogP contribution in [0.4, 0.5) is 10.1 Å². The lowest BCUT2D eigenvalue weighted by molar-refractivity contribution is -0.140. The van der Waals surface area contributed by atoms with Gasteiger partial charge >= 0.3 is 0 Å². The van der Waals surface area contributed by atoms with Crippen LogP contribution in [0.1, 0.15) is 30.0 Å². The predicted molar refractivity (Wildman–Crippen MR) is 171 cm³/mol. The number of anilines is 1. The number of nitrogens with zero attached hydrogens (tertiary/aromatic N) is 2. The molecular formula is C34H35ClFN3O4S. The fraction of sp³-hybridized carbons (Fsp3) is 0.235. The maximum Gasteiger partial charge on any atom is 0.264 e. The Kier molecular flexibility index (Phi) is 11.1. The standard InChI is InChI=1S/C34H35ClFN3O4S/c1-3-20-37-34(41)32(21-26-12-6-4-7-13-26)38(23-27-14-10-11-17-30(27)36)33(40)24-39(31-22-28(35)19-18-25(31)2)44(42,43)29-15-8-5-9-16-29/h4-19,22,32H,3,20-21,23-24H2,1-2H3,(H,37,41). The van der Waals surface area contributed by atoms with Gasteiger partial charge in [0.05, 0.1) is 10.6 Å². The van der Waals surface area contributed by atoms with E-state index in [4.69, 9.17) is 11.6 Å². The van der Waals surface area contributed by atoms with Crippen LogP contribution in [0.25, 0.3) is 0 Å². The van der Waals surface area contributed by atoms with Crippen LogP contribution < -0.4 is 9.62 Å². The van der Waals surface area contributed by atoms with Gasteiger partial charge in [0.15, 0.2) is 0 Å². The van der Waals surface area contributed by atoms with Gasteiger partial charge in [0, 0.05) is 30.1 Å². The topological polar surface area (TPSA) is 86.8 Å². The average molecular weight is 636 g/mol.